The number of rotatable bonds is 15. The Bertz CT molecular complexity index is 1640. The van der Waals surface area contributed by atoms with Crippen molar-refractivity contribution in [2.24, 2.45) is 0 Å². The molecule has 0 radical (unpaired) electrons. The third-order valence-corrected chi connectivity index (χ3v) is 14.5. The Balaban J connectivity index is 1.53. The van der Waals surface area contributed by atoms with Crippen LogP contribution in [0, 0.1) is 0 Å². The number of pyridine rings is 1. The molecule has 0 spiro atoms. The number of nitrogens with one attached hydrogen (secondary N) is 2. The molecule has 47 heavy (non-hydrogen) atoms. The highest BCUT2D eigenvalue weighted by Gasteiger charge is 2.36. The van der Waals surface area contributed by atoms with Gasteiger partial charge in [0.2, 0.25) is 0 Å². The minimum Gasteiger partial charge on any atom is -0.497 e. The molecule has 0 unspecified atom stereocenters. The van der Waals surface area contributed by atoms with Gasteiger partial charge in [-0.3, -0.25) is 0 Å². The summed E-state index contributed by atoms with van der Waals surface area (Å²) in [6, 6.07) is 12.7. The van der Waals surface area contributed by atoms with E-state index in [1.165, 1.54) is 11.2 Å². The molecular weight excluding hydrogens is 605 g/mol. The van der Waals surface area contributed by atoms with Crippen molar-refractivity contribution in [3.63, 3.8) is 0 Å². The number of fused-ring (bicyclic) bond motifs is 3. The molecule has 2 aromatic carbocycles. The van der Waals surface area contributed by atoms with Gasteiger partial charge in [0, 0.05) is 75.0 Å². The molecule has 1 aliphatic heterocycles. The highest BCUT2D eigenvalue weighted by atomic mass is 28.4. The van der Waals surface area contributed by atoms with Crippen molar-refractivity contribution in [2.75, 3.05) is 57.2 Å². The normalized spacial score (nSPS) is 14.3. The van der Waals surface area contributed by atoms with Crippen molar-refractivity contribution in [2.45, 2.75) is 91.0 Å². The van der Waals surface area contributed by atoms with E-state index in [0.717, 1.165) is 117 Å². The highest BCUT2D eigenvalue weighted by Crippen LogP contribution is 2.37. The number of imidazole rings is 1. The van der Waals surface area contributed by atoms with E-state index in [9.17, 15) is 0 Å². The fourth-order valence-electron chi connectivity index (χ4n) is 6.02. The standard InChI is InChI=1S/C37H56N6O3Si/c1-9-10-13-33-41-34-35(43(33)20-11-12-23-46-47(7,8)37(2,3)4)30-24-28(42-21-18-38-19-22-42)15-17-31(30)40-36(34)39-26-27-14-16-29(44-5)25-32(27)45-6/h14-17,24-25,38H,9-13,18-23,26H2,1-8H3,(H,39,40). The van der Waals surface area contributed by atoms with Crippen LogP contribution in [0.5, 0.6) is 11.5 Å². The SMILES string of the molecule is CCCCc1nc2c(NCc3ccc(OC)cc3OC)nc3ccc(N4CCNCC4)cc3c2n1CCCCO[Si](C)(C)C(C)(C)C. The maximum absolute atomic E-state index is 6.54. The van der Waals surface area contributed by atoms with Gasteiger partial charge >= 0.3 is 0 Å². The lowest BCUT2D eigenvalue weighted by Crippen LogP contribution is -2.43. The van der Waals surface area contributed by atoms with Crippen molar-refractivity contribution in [3.05, 3.63) is 47.8 Å². The second kappa shape index (κ2) is 15.3. The molecule has 1 aliphatic rings. The van der Waals surface area contributed by atoms with Gasteiger partial charge < -0.3 is 34.0 Å². The average molecular weight is 661 g/mol. The monoisotopic (exact) mass is 660 g/mol. The van der Waals surface area contributed by atoms with Crippen LogP contribution in [0.1, 0.15) is 64.8 Å². The molecule has 9 nitrogen and oxygen atoms in total. The summed E-state index contributed by atoms with van der Waals surface area (Å²) in [6.07, 6.45) is 5.22. The Morgan fingerprint density at radius 1 is 0.957 bits per heavy atom. The quantitative estimate of drug-likeness (QED) is 0.0989. The van der Waals surface area contributed by atoms with E-state index in [0.29, 0.717) is 6.54 Å². The number of aryl methyl sites for hydroxylation is 2. The predicted octanol–water partition coefficient (Wildman–Crippen LogP) is 7.77. The number of unbranched alkanes of at least 4 members (excludes halogenated alkanes) is 2. The molecule has 4 aromatic rings. The first kappa shape index (κ1) is 35.0. The summed E-state index contributed by atoms with van der Waals surface area (Å²) in [4.78, 5) is 13.0. The number of piperazine rings is 1. The molecule has 0 aliphatic carbocycles. The molecule has 0 bridgehead atoms. The van der Waals surface area contributed by atoms with E-state index >= 15 is 0 Å². The van der Waals surface area contributed by atoms with Crippen molar-refractivity contribution >= 4 is 41.8 Å². The van der Waals surface area contributed by atoms with Crippen LogP contribution >= 0.6 is 0 Å². The van der Waals surface area contributed by atoms with Crippen molar-refractivity contribution in [3.8, 4) is 11.5 Å². The minimum atomic E-state index is -1.77. The van der Waals surface area contributed by atoms with Crippen LogP contribution in [-0.4, -0.2) is 69.9 Å². The summed E-state index contributed by atoms with van der Waals surface area (Å²) < 4.78 is 20.2. The molecule has 0 saturated carbocycles. The van der Waals surface area contributed by atoms with Gasteiger partial charge in [0.25, 0.3) is 0 Å². The number of anilines is 2. The first-order valence-electron chi connectivity index (χ1n) is 17.4. The number of nitrogens with zero attached hydrogens (tertiary/aromatic N) is 4. The first-order chi connectivity index (χ1) is 22.6. The Morgan fingerprint density at radius 2 is 1.74 bits per heavy atom. The van der Waals surface area contributed by atoms with E-state index in [1.54, 1.807) is 14.2 Å². The Labute approximate surface area is 282 Å². The molecule has 2 N–H and O–H groups in total. The Hall–Kier alpha value is -3.34. The van der Waals surface area contributed by atoms with Gasteiger partial charge in [-0.25, -0.2) is 9.97 Å². The summed E-state index contributed by atoms with van der Waals surface area (Å²) in [7, 11) is 1.59. The Kier molecular flexibility index (Phi) is 11.4. The molecule has 5 rings (SSSR count). The van der Waals surface area contributed by atoms with Crippen LogP contribution in [0.15, 0.2) is 36.4 Å². The molecule has 1 saturated heterocycles. The molecule has 2 aromatic heterocycles. The molecular formula is C37H56N6O3Si. The highest BCUT2D eigenvalue weighted by molar-refractivity contribution is 6.74. The van der Waals surface area contributed by atoms with Gasteiger partial charge in [0.1, 0.15) is 22.8 Å². The fourth-order valence-corrected chi connectivity index (χ4v) is 7.11. The lowest BCUT2D eigenvalue weighted by atomic mass is 10.1. The zero-order valence-electron chi connectivity index (χ0n) is 30.0. The minimum absolute atomic E-state index is 0.216. The molecule has 256 valence electrons. The van der Waals surface area contributed by atoms with E-state index in [-0.39, 0.29) is 5.04 Å². The van der Waals surface area contributed by atoms with Gasteiger partial charge in [0.15, 0.2) is 14.1 Å². The molecule has 10 heteroatoms. The van der Waals surface area contributed by atoms with Gasteiger partial charge in [0.05, 0.1) is 25.3 Å². The van der Waals surface area contributed by atoms with Gasteiger partial charge in [-0.2, -0.15) is 0 Å². The first-order valence-corrected chi connectivity index (χ1v) is 20.3. The van der Waals surface area contributed by atoms with Gasteiger partial charge in [-0.1, -0.05) is 34.1 Å². The average Bonchev–Trinajstić information content (AvgIpc) is 3.44. The Morgan fingerprint density at radius 3 is 2.45 bits per heavy atom. The third-order valence-electron chi connectivity index (χ3n) is 9.96. The summed E-state index contributed by atoms with van der Waals surface area (Å²) in [5.41, 5.74) is 5.37. The number of benzene rings is 2. The summed E-state index contributed by atoms with van der Waals surface area (Å²) in [5, 5.41) is 8.51. The fraction of sp³-hybridized carbons (Fsp3) is 0.568. The lowest BCUT2D eigenvalue weighted by molar-refractivity contribution is 0.276. The summed E-state index contributed by atoms with van der Waals surface area (Å²) in [6.45, 7) is 20.1. The van der Waals surface area contributed by atoms with Crippen LogP contribution in [0.2, 0.25) is 18.1 Å². The van der Waals surface area contributed by atoms with E-state index in [2.05, 4.69) is 79.1 Å². The van der Waals surface area contributed by atoms with Gasteiger partial charge in [-0.15, -0.1) is 0 Å². The second-order valence-corrected chi connectivity index (χ2v) is 19.0. The third kappa shape index (κ3) is 8.04. The van der Waals surface area contributed by atoms with Crippen LogP contribution in [0.4, 0.5) is 11.5 Å². The zero-order valence-corrected chi connectivity index (χ0v) is 31.0. The molecule has 3 heterocycles. The van der Waals surface area contributed by atoms with E-state index < -0.39 is 8.32 Å². The number of hydrogen-bond acceptors (Lipinski definition) is 8. The maximum atomic E-state index is 6.54. The molecule has 0 atom stereocenters. The van der Waals surface area contributed by atoms with Crippen LogP contribution in [0.25, 0.3) is 21.9 Å². The number of methoxy groups -OCH3 is 2. The molecule has 0 amide bonds. The number of aromatic nitrogens is 3. The molecule has 1 fully saturated rings. The van der Waals surface area contributed by atoms with E-state index in [1.807, 2.05) is 18.2 Å². The topological polar surface area (TPSA) is 85.7 Å². The van der Waals surface area contributed by atoms with E-state index in [4.69, 9.17) is 23.9 Å². The number of ether oxygens (including phenoxy) is 2. The van der Waals surface area contributed by atoms with Crippen molar-refractivity contribution < 1.29 is 13.9 Å². The predicted molar refractivity (Wildman–Crippen MR) is 198 cm³/mol. The van der Waals surface area contributed by atoms with Crippen molar-refractivity contribution in [1.29, 1.82) is 0 Å². The van der Waals surface area contributed by atoms with Crippen molar-refractivity contribution in [1.82, 2.24) is 19.9 Å². The van der Waals surface area contributed by atoms with Gasteiger partial charge in [-0.05, 0) is 67.7 Å². The smallest absolute Gasteiger partial charge is 0.191 e. The number of hydrogen-bond donors (Lipinski definition) is 2. The summed E-state index contributed by atoms with van der Waals surface area (Å²) >= 11 is 0. The second-order valence-electron chi connectivity index (χ2n) is 14.2. The van der Waals surface area contributed by atoms with Crippen LogP contribution in [-0.2, 0) is 23.9 Å². The van der Waals surface area contributed by atoms with Crippen LogP contribution in [0.3, 0.4) is 0 Å². The zero-order chi connectivity index (χ0) is 33.6. The lowest BCUT2D eigenvalue weighted by Gasteiger charge is -2.36. The summed E-state index contributed by atoms with van der Waals surface area (Å²) in [5.74, 6) is 3.49. The maximum Gasteiger partial charge on any atom is 0.191 e. The van der Waals surface area contributed by atoms with Crippen LogP contribution < -0.4 is 25.0 Å². The largest absolute Gasteiger partial charge is 0.497 e.